The van der Waals surface area contributed by atoms with Gasteiger partial charge in [0.25, 0.3) is 0 Å². The number of para-hydroxylation sites is 2. The molecular formula is C15H13Cl2NO. The number of halogens is 2. The SMILES string of the molecule is Clc1cccc(Cl)c1NC1CCOc2ccccc21. The molecule has 0 radical (unpaired) electrons. The zero-order chi connectivity index (χ0) is 13.2. The van der Waals surface area contributed by atoms with Gasteiger partial charge in [0.1, 0.15) is 5.75 Å². The van der Waals surface area contributed by atoms with Crippen molar-refractivity contribution in [2.24, 2.45) is 0 Å². The number of rotatable bonds is 2. The van der Waals surface area contributed by atoms with Gasteiger partial charge in [-0.05, 0) is 18.2 Å². The summed E-state index contributed by atoms with van der Waals surface area (Å²) in [5.74, 6) is 0.925. The Kier molecular flexibility index (Phi) is 3.54. The molecule has 0 aromatic heterocycles. The van der Waals surface area contributed by atoms with Gasteiger partial charge in [-0.15, -0.1) is 0 Å². The van der Waals surface area contributed by atoms with Crippen molar-refractivity contribution in [3.8, 4) is 5.75 Å². The van der Waals surface area contributed by atoms with Crippen molar-refractivity contribution in [3.05, 3.63) is 58.1 Å². The summed E-state index contributed by atoms with van der Waals surface area (Å²) in [6.07, 6.45) is 0.887. The summed E-state index contributed by atoms with van der Waals surface area (Å²) in [4.78, 5) is 0. The molecule has 1 aliphatic heterocycles. The molecule has 2 nitrogen and oxygen atoms in total. The van der Waals surface area contributed by atoms with E-state index in [9.17, 15) is 0 Å². The average Bonchev–Trinajstić information content (AvgIpc) is 2.43. The van der Waals surface area contributed by atoms with Crippen molar-refractivity contribution in [2.45, 2.75) is 12.5 Å². The number of fused-ring (bicyclic) bond motifs is 1. The first-order valence-corrected chi connectivity index (χ1v) is 6.93. The minimum atomic E-state index is 0.169. The van der Waals surface area contributed by atoms with Crippen molar-refractivity contribution in [2.75, 3.05) is 11.9 Å². The Morgan fingerprint density at radius 2 is 1.74 bits per heavy atom. The zero-order valence-electron chi connectivity index (χ0n) is 10.2. The molecule has 0 bridgehead atoms. The molecule has 1 aliphatic rings. The molecule has 0 saturated heterocycles. The Bertz CT molecular complexity index is 580. The fourth-order valence-corrected chi connectivity index (χ4v) is 2.81. The minimum Gasteiger partial charge on any atom is -0.493 e. The van der Waals surface area contributed by atoms with E-state index in [1.807, 2.05) is 36.4 Å². The fourth-order valence-electron chi connectivity index (χ4n) is 2.30. The molecule has 4 heteroatoms. The number of nitrogens with one attached hydrogen (secondary N) is 1. The lowest BCUT2D eigenvalue weighted by Gasteiger charge is -2.28. The zero-order valence-corrected chi connectivity index (χ0v) is 11.7. The number of hydrogen-bond acceptors (Lipinski definition) is 2. The van der Waals surface area contributed by atoms with Crippen LogP contribution >= 0.6 is 23.2 Å². The molecule has 1 atom stereocenters. The molecular weight excluding hydrogens is 281 g/mol. The second-order valence-corrected chi connectivity index (χ2v) is 5.28. The van der Waals surface area contributed by atoms with E-state index >= 15 is 0 Å². The van der Waals surface area contributed by atoms with Crippen LogP contribution in [0.15, 0.2) is 42.5 Å². The molecule has 1 unspecified atom stereocenters. The average molecular weight is 294 g/mol. The lowest BCUT2D eigenvalue weighted by atomic mass is 10.0. The number of ether oxygens (including phenoxy) is 1. The maximum Gasteiger partial charge on any atom is 0.124 e. The second-order valence-electron chi connectivity index (χ2n) is 4.47. The molecule has 98 valence electrons. The standard InChI is InChI=1S/C15H13Cl2NO/c16-11-5-3-6-12(17)15(11)18-13-8-9-19-14-7-2-1-4-10(13)14/h1-7,13,18H,8-9H2. The van der Waals surface area contributed by atoms with E-state index in [1.54, 1.807) is 0 Å². The predicted molar refractivity (Wildman–Crippen MR) is 79.4 cm³/mol. The van der Waals surface area contributed by atoms with Gasteiger partial charge in [-0.2, -0.15) is 0 Å². The van der Waals surface area contributed by atoms with Crippen molar-refractivity contribution in [1.82, 2.24) is 0 Å². The smallest absolute Gasteiger partial charge is 0.124 e. The molecule has 2 aromatic carbocycles. The monoisotopic (exact) mass is 293 g/mol. The van der Waals surface area contributed by atoms with Crippen LogP contribution in [-0.2, 0) is 0 Å². The third kappa shape index (κ3) is 2.51. The van der Waals surface area contributed by atoms with Crippen LogP contribution in [0, 0.1) is 0 Å². The third-order valence-electron chi connectivity index (χ3n) is 3.24. The normalized spacial score (nSPS) is 17.5. The van der Waals surface area contributed by atoms with E-state index in [0.717, 1.165) is 23.4 Å². The van der Waals surface area contributed by atoms with Crippen molar-refractivity contribution < 1.29 is 4.74 Å². The molecule has 0 aliphatic carbocycles. The topological polar surface area (TPSA) is 21.3 Å². The highest BCUT2D eigenvalue weighted by molar-refractivity contribution is 6.39. The van der Waals surface area contributed by atoms with Crippen molar-refractivity contribution in [3.63, 3.8) is 0 Å². The molecule has 19 heavy (non-hydrogen) atoms. The fraction of sp³-hybridized carbons (Fsp3) is 0.200. The summed E-state index contributed by atoms with van der Waals surface area (Å²) < 4.78 is 5.65. The summed E-state index contributed by atoms with van der Waals surface area (Å²) >= 11 is 12.4. The van der Waals surface area contributed by atoms with Crippen molar-refractivity contribution >= 4 is 28.9 Å². The van der Waals surface area contributed by atoms with Crippen molar-refractivity contribution in [1.29, 1.82) is 0 Å². The van der Waals surface area contributed by atoms with Gasteiger partial charge in [0.15, 0.2) is 0 Å². The Labute approximate surface area is 122 Å². The lowest BCUT2D eigenvalue weighted by molar-refractivity contribution is 0.274. The van der Waals surface area contributed by atoms with Gasteiger partial charge in [-0.1, -0.05) is 47.5 Å². The lowest BCUT2D eigenvalue weighted by Crippen LogP contribution is -2.20. The molecule has 0 fully saturated rings. The van der Waals surface area contributed by atoms with Gasteiger partial charge in [-0.3, -0.25) is 0 Å². The van der Waals surface area contributed by atoms with Crippen LogP contribution in [0.1, 0.15) is 18.0 Å². The first-order valence-electron chi connectivity index (χ1n) is 6.18. The van der Waals surface area contributed by atoms with E-state index in [-0.39, 0.29) is 6.04 Å². The predicted octanol–water partition coefficient (Wildman–Crippen LogP) is 4.93. The number of benzene rings is 2. The van der Waals surface area contributed by atoms with Gasteiger partial charge in [0.2, 0.25) is 0 Å². The van der Waals surface area contributed by atoms with Gasteiger partial charge in [-0.25, -0.2) is 0 Å². The van der Waals surface area contributed by atoms with Gasteiger partial charge in [0, 0.05) is 12.0 Å². The van der Waals surface area contributed by atoms with Gasteiger partial charge >= 0.3 is 0 Å². The maximum atomic E-state index is 6.20. The summed E-state index contributed by atoms with van der Waals surface area (Å²) in [6, 6.07) is 13.7. The summed E-state index contributed by atoms with van der Waals surface area (Å²) in [5, 5.41) is 4.70. The van der Waals surface area contributed by atoms with Gasteiger partial charge < -0.3 is 10.1 Å². The van der Waals surface area contributed by atoms with Crippen LogP contribution in [0.4, 0.5) is 5.69 Å². The molecule has 0 saturated carbocycles. The second kappa shape index (κ2) is 5.32. The van der Waals surface area contributed by atoms with Crippen LogP contribution in [-0.4, -0.2) is 6.61 Å². The van der Waals surface area contributed by atoms with Crippen LogP contribution in [0.3, 0.4) is 0 Å². The van der Waals surface area contributed by atoms with E-state index in [2.05, 4.69) is 11.4 Å². The quantitative estimate of drug-likeness (QED) is 0.848. The van der Waals surface area contributed by atoms with Crippen LogP contribution in [0.5, 0.6) is 5.75 Å². The number of anilines is 1. The Morgan fingerprint density at radius 3 is 2.53 bits per heavy atom. The highest BCUT2D eigenvalue weighted by Crippen LogP contribution is 2.38. The van der Waals surface area contributed by atoms with E-state index in [1.165, 1.54) is 0 Å². The Hall–Kier alpha value is -1.38. The van der Waals surface area contributed by atoms with Gasteiger partial charge in [0.05, 0.1) is 28.4 Å². The molecule has 1 N–H and O–H groups in total. The molecule has 0 amide bonds. The summed E-state index contributed by atoms with van der Waals surface area (Å²) in [6.45, 7) is 0.691. The molecule has 0 spiro atoms. The molecule has 3 rings (SSSR count). The van der Waals surface area contributed by atoms with Crippen LogP contribution in [0.25, 0.3) is 0 Å². The van der Waals surface area contributed by atoms with Crippen LogP contribution < -0.4 is 10.1 Å². The first-order chi connectivity index (χ1) is 9.25. The highest BCUT2D eigenvalue weighted by Gasteiger charge is 2.22. The van der Waals surface area contributed by atoms with E-state index in [4.69, 9.17) is 27.9 Å². The highest BCUT2D eigenvalue weighted by atomic mass is 35.5. The Morgan fingerprint density at radius 1 is 1.00 bits per heavy atom. The Balaban J connectivity index is 1.93. The summed E-state index contributed by atoms with van der Waals surface area (Å²) in [5.41, 5.74) is 1.93. The number of hydrogen-bond donors (Lipinski definition) is 1. The minimum absolute atomic E-state index is 0.169. The third-order valence-corrected chi connectivity index (χ3v) is 3.87. The van der Waals surface area contributed by atoms with E-state index in [0.29, 0.717) is 16.7 Å². The van der Waals surface area contributed by atoms with E-state index < -0.39 is 0 Å². The first kappa shape index (κ1) is 12.6. The van der Waals surface area contributed by atoms with Crippen LogP contribution in [0.2, 0.25) is 10.0 Å². The maximum absolute atomic E-state index is 6.20. The summed E-state index contributed by atoms with van der Waals surface area (Å²) in [7, 11) is 0. The molecule has 2 aromatic rings. The largest absolute Gasteiger partial charge is 0.493 e. The molecule has 1 heterocycles.